The maximum Gasteiger partial charge on any atom is 0.238 e. The van der Waals surface area contributed by atoms with Gasteiger partial charge in [0.15, 0.2) is 0 Å². The average molecular weight is 416 g/mol. The lowest BCUT2D eigenvalue weighted by Gasteiger charge is -2.35. The van der Waals surface area contributed by atoms with Crippen molar-refractivity contribution in [3.8, 4) is 6.07 Å². The minimum absolute atomic E-state index is 0.155. The summed E-state index contributed by atoms with van der Waals surface area (Å²) in [4.78, 5) is 18.3. The first-order valence-electron chi connectivity index (χ1n) is 11.3. The lowest BCUT2D eigenvalue weighted by atomic mass is 9.74. The first-order chi connectivity index (χ1) is 15.1. The molecule has 3 N–H and O–H groups in total. The Balaban J connectivity index is 1.63. The van der Waals surface area contributed by atoms with E-state index in [1.807, 2.05) is 29.2 Å². The van der Waals surface area contributed by atoms with Crippen LogP contribution in [0.25, 0.3) is 0 Å². The molecule has 0 aliphatic carbocycles. The van der Waals surface area contributed by atoms with Gasteiger partial charge in [-0.15, -0.1) is 0 Å². The van der Waals surface area contributed by atoms with Crippen molar-refractivity contribution in [1.82, 2.24) is 5.32 Å². The summed E-state index contributed by atoms with van der Waals surface area (Å²) in [5.41, 5.74) is 10.6. The van der Waals surface area contributed by atoms with E-state index in [9.17, 15) is 10.1 Å². The molecule has 6 nitrogen and oxygen atoms in total. The smallest absolute Gasteiger partial charge is 0.238 e. The van der Waals surface area contributed by atoms with E-state index in [4.69, 9.17) is 5.73 Å². The highest BCUT2D eigenvalue weighted by atomic mass is 16.2. The SMILES string of the molecule is N#Cc1ccccc1CN1C(=O)C2(CCNCC2)c2cccc(N3CCC[C@@H](N)C3)c21. The Morgan fingerprint density at radius 2 is 1.97 bits per heavy atom. The number of nitrogens with two attached hydrogens (primary N) is 1. The summed E-state index contributed by atoms with van der Waals surface area (Å²) < 4.78 is 0. The second kappa shape index (κ2) is 7.99. The third-order valence-corrected chi connectivity index (χ3v) is 7.18. The Morgan fingerprint density at radius 3 is 2.74 bits per heavy atom. The lowest BCUT2D eigenvalue weighted by Crippen LogP contribution is -2.47. The van der Waals surface area contributed by atoms with E-state index in [-0.39, 0.29) is 11.9 Å². The molecule has 1 spiro atoms. The predicted octanol–water partition coefficient (Wildman–Crippen LogP) is 2.65. The summed E-state index contributed by atoms with van der Waals surface area (Å²) in [6, 6.07) is 16.4. The molecule has 160 valence electrons. The quantitative estimate of drug-likeness (QED) is 0.805. The predicted molar refractivity (Wildman–Crippen MR) is 122 cm³/mol. The highest BCUT2D eigenvalue weighted by Crippen LogP contribution is 2.51. The normalized spacial score (nSPS) is 22.5. The Morgan fingerprint density at radius 1 is 1.16 bits per heavy atom. The molecule has 3 aliphatic rings. The van der Waals surface area contributed by atoms with Gasteiger partial charge in [0.1, 0.15) is 0 Å². The number of piperidine rings is 2. The van der Waals surface area contributed by atoms with Gasteiger partial charge in [0.2, 0.25) is 5.91 Å². The van der Waals surface area contributed by atoms with Gasteiger partial charge < -0.3 is 20.9 Å². The van der Waals surface area contributed by atoms with Crippen molar-refractivity contribution in [2.45, 2.75) is 43.7 Å². The highest BCUT2D eigenvalue weighted by Gasteiger charge is 2.52. The van der Waals surface area contributed by atoms with E-state index in [0.717, 1.165) is 74.4 Å². The number of amides is 1. The van der Waals surface area contributed by atoms with Gasteiger partial charge in [-0.1, -0.05) is 30.3 Å². The third kappa shape index (κ3) is 3.29. The van der Waals surface area contributed by atoms with Crippen LogP contribution in [0.2, 0.25) is 0 Å². The van der Waals surface area contributed by atoms with Crippen LogP contribution in [0.1, 0.15) is 42.4 Å². The van der Waals surface area contributed by atoms with Gasteiger partial charge >= 0.3 is 0 Å². The van der Waals surface area contributed by atoms with E-state index in [2.05, 4.69) is 34.5 Å². The molecule has 1 atom stereocenters. The fourth-order valence-corrected chi connectivity index (χ4v) is 5.59. The van der Waals surface area contributed by atoms with Crippen molar-refractivity contribution in [3.05, 3.63) is 59.2 Å². The average Bonchev–Trinajstić information content (AvgIpc) is 3.03. The number of hydrogen-bond acceptors (Lipinski definition) is 5. The van der Waals surface area contributed by atoms with Crippen molar-refractivity contribution in [3.63, 3.8) is 0 Å². The number of rotatable bonds is 3. The maximum atomic E-state index is 14.0. The van der Waals surface area contributed by atoms with Gasteiger partial charge in [0.05, 0.1) is 35.0 Å². The second-order valence-electron chi connectivity index (χ2n) is 9.01. The fourth-order valence-electron chi connectivity index (χ4n) is 5.59. The molecule has 2 fully saturated rings. The van der Waals surface area contributed by atoms with Gasteiger partial charge in [-0.25, -0.2) is 0 Å². The van der Waals surface area contributed by atoms with Crippen molar-refractivity contribution in [2.24, 2.45) is 5.73 Å². The molecule has 2 aromatic carbocycles. The van der Waals surface area contributed by atoms with E-state index < -0.39 is 5.41 Å². The first-order valence-corrected chi connectivity index (χ1v) is 11.3. The Labute approximate surface area is 183 Å². The summed E-state index contributed by atoms with van der Waals surface area (Å²) >= 11 is 0. The minimum Gasteiger partial charge on any atom is -0.368 e. The van der Waals surface area contributed by atoms with Crippen molar-refractivity contribution in [1.29, 1.82) is 5.26 Å². The molecule has 3 aliphatic heterocycles. The third-order valence-electron chi connectivity index (χ3n) is 7.18. The molecular weight excluding hydrogens is 386 g/mol. The molecule has 0 bridgehead atoms. The second-order valence-corrected chi connectivity index (χ2v) is 9.01. The molecule has 2 aromatic rings. The molecule has 2 saturated heterocycles. The number of hydrogen-bond donors (Lipinski definition) is 2. The van der Waals surface area contributed by atoms with Gasteiger partial charge in [-0.2, -0.15) is 5.26 Å². The van der Waals surface area contributed by atoms with E-state index in [1.165, 1.54) is 0 Å². The highest BCUT2D eigenvalue weighted by molar-refractivity contribution is 6.11. The van der Waals surface area contributed by atoms with Gasteiger partial charge in [0, 0.05) is 19.1 Å². The zero-order valence-corrected chi connectivity index (χ0v) is 17.8. The van der Waals surface area contributed by atoms with Crippen molar-refractivity contribution < 1.29 is 4.79 Å². The van der Waals surface area contributed by atoms with Crippen LogP contribution in [0.5, 0.6) is 0 Å². The fraction of sp³-hybridized carbons (Fsp3) is 0.440. The van der Waals surface area contributed by atoms with Crippen LogP contribution in [0.3, 0.4) is 0 Å². The van der Waals surface area contributed by atoms with Gasteiger partial charge in [-0.05, 0) is 62.0 Å². The molecule has 6 heteroatoms. The monoisotopic (exact) mass is 415 g/mol. The summed E-state index contributed by atoms with van der Waals surface area (Å²) in [5.74, 6) is 0.172. The molecule has 1 amide bonds. The zero-order chi connectivity index (χ0) is 21.4. The van der Waals surface area contributed by atoms with Crippen LogP contribution >= 0.6 is 0 Å². The maximum absolute atomic E-state index is 14.0. The molecule has 0 saturated carbocycles. The largest absolute Gasteiger partial charge is 0.368 e. The summed E-state index contributed by atoms with van der Waals surface area (Å²) in [6.07, 6.45) is 3.71. The molecule has 3 heterocycles. The molecule has 31 heavy (non-hydrogen) atoms. The van der Waals surface area contributed by atoms with E-state index in [0.29, 0.717) is 12.1 Å². The molecule has 0 aromatic heterocycles. The zero-order valence-electron chi connectivity index (χ0n) is 17.8. The van der Waals surface area contributed by atoms with Crippen LogP contribution in [-0.4, -0.2) is 38.1 Å². The standard InChI is InChI=1S/C25H29N5O/c26-15-18-5-1-2-6-19(18)16-30-23-21(25(24(30)31)10-12-28-13-11-25)8-3-9-22(23)29-14-4-7-20(27)17-29/h1-3,5-6,8-9,20,28H,4,7,10-14,16-17,27H2/t20-/m1/s1. The number of fused-ring (bicyclic) bond motifs is 2. The molecule has 5 rings (SSSR count). The number of carbonyl (C=O) groups excluding carboxylic acids is 1. The first kappa shape index (κ1) is 20.0. The Kier molecular flexibility index (Phi) is 5.17. The number of anilines is 2. The lowest BCUT2D eigenvalue weighted by molar-refractivity contribution is -0.124. The number of para-hydroxylation sites is 1. The van der Waals surface area contributed by atoms with Crippen LogP contribution in [-0.2, 0) is 16.8 Å². The molecule has 0 radical (unpaired) electrons. The minimum atomic E-state index is -0.476. The van der Waals surface area contributed by atoms with Gasteiger partial charge in [0.25, 0.3) is 0 Å². The summed E-state index contributed by atoms with van der Waals surface area (Å²) in [7, 11) is 0. The van der Waals surface area contributed by atoms with Gasteiger partial charge in [-0.3, -0.25) is 4.79 Å². The topological polar surface area (TPSA) is 85.4 Å². The number of carbonyl (C=O) groups is 1. The number of nitrogens with zero attached hydrogens (tertiary/aromatic N) is 3. The van der Waals surface area contributed by atoms with E-state index in [1.54, 1.807) is 0 Å². The van der Waals surface area contributed by atoms with Crippen LogP contribution in [0.4, 0.5) is 11.4 Å². The number of benzene rings is 2. The molecule has 0 unspecified atom stereocenters. The van der Waals surface area contributed by atoms with Crippen LogP contribution in [0.15, 0.2) is 42.5 Å². The van der Waals surface area contributed by atoms with Crippen molar-refractivity contribution in [2.75, 3.05) is 36.0 Å². The molecular formula is C25H29N5O. The Hall–Kier alpha value is -2.88. The Bertz CT molecular complexity index is 1040. The van der Waals surface area contributed by atoms with Crippen LogP contribution < -0.4 is 20.9 Å². The van der Waals surface area contributed by atoms with Crippen molar-refractivity contribution >= 4 is 17.3 Å². The van der Waals surface area contributed by atoms with Crippen LogP contribution in [0, 0.1) is 11.3 Å². The summed E-state index contributed by atoms with van der Waals surface area (Å²) in [5, 5.41) is 13.0. The van der Waals surface area contributed by atoms with E-state index >= 15 is 0 Å². The summed E-state index contributed by atoms with van der Waals surface area (Å²) in [6.45, 7) is 3.86. The number of nitrogens with one attached hydrogen (secondary N) is 1. The number of nitriles is 1.